The van der Waals surface area contributed by atoms with E-state index in [1.165, 1.54) is 19.6 Å². The van der Waals surface area contributed by atoms with E-state index in [1.54, 1.807) is 7.11 Å². The Labute approximate surface area is 101 Å². The average molecular weight is 231 g/mol. The Bertz CT molecular complexity index is 138. The topological polar surface area (TPSA) is 27.7 Å². The summed E-state index contributed by atoms with van der Waals surface area (Å²) in [7, 11) is 3.91. The van der Waals surface area contributed by atoms with E-state index in [9.17, 15) is 0 Å². The number of nitrogens with one attached hydrogen (secondary N) is 1. The van der Waals surface area contributed by atoms with Gasteiger partial charge < -0.3 is 15.0 Å². The third-order valence-corrected chi connectivity index (χ3v) is 2.68. The minimum absolute atomic E-state index is 0.831. The van der Waals surface area contributed by atoms with Crippen LogP contribution >= 0.6 is 0 Å². The third kappa shape index (κ3) is 8.05. The van der Waals surface area contributed by atoms with Crippen molar-refractivity contribution in [1.82, 2.24) is 15.1 Å². The molecule has 1 fully saturated rings. The summed E-state index contributed by atoms with van der Waals surface area (Å²) in [6.07, 6.45) is 0. The molecule has 0 unspecified atom stereocenters. The second-order valence-electron chi connectivity index (χ2n) is 3.89. The molecule has 4 heteroatoms. The largest absolute Gasteiger partial charge is 0.383 e. The van der Waals surface area contributed by atoms with E-state index in [4.69, 9.17) is 4.74 Å². The van der Waals surface area contributed by atoms with Crippen molar-refractivity contribution in [1.29, 1.82) is 0 Å². The molecular weight excluding hydrogens is 202 g/mol. The van der Waals surface area contributed by atoms with Crippen LogP contribution in [0.5, 0.6) is 0 Å². The quantitative estimate of drug-likeness (QED) is 0.720. The van der Waals surface area contributed by atoms with E-state index in [1.807, 2.05) is 13.8 Å². The first-order chi connectivity index (χ1) is 7.83. The fraction of sp³-hybridized carbons (Fsp3) is 1.00. The van der Waals surface area contributed by atoms with Crippen molar-refractivity contribution >= 4 is 0 Å². The number of ether oxygens (including phenoxy) is 1. The van der Waals surface area contributed by atoms with Gasteiger partial charge in [0.2, 0.25) is 0 Å². The first-order valence-electron chi connectivity index (χ1n) is 6.43. The van der Waals surface area contributed by atoms with Crippen molar-refractivity contribution in [3.05, 3.63) is 0 Å². The first kappa shape index (κ1) is 15.8. The average Bonchev–Trinajstić information content (AvgIpc) is 2.37. The molecule has 0 atom stereocenters. The van der Waals surface area contributed by atoms with E-state index in [-0.39, 0.29) is 0 Å². The maximum Gasteiger partial charge on any atom is 0.0589 e. The van der Waals surface area contributed by atoms with Crippen LogP contribution in [0.2, 0.25) is 0 Å². The van der Waals surface area contributed by atoms with Crippen LogP contribution in [0.15, 0.2) is 0 Å². The van der Waals surface area contributed by atoms with Crippen LogP contribution in [0.1, 0.15) is 13.8 Å². The summed E-state index contributed by atoms with van der Waals surface area (Å²) < 4.78 is 5.04. The highest BCUT2D eigenvalue weighted by atomic mass is 16.5. The molecule has 1 rings (SSSR count). The van der Waals surface area contributed by atoms with E-state index in [0.29, 0.717) is 0 Å². The monoisotopic (exact) mass is 231 g/mol. The fourth-order valence-corrected chi connectivity index (χ4v) is 1.61. The lowest BCUT2D eigenvalue weighted by Crippen LogP contribution is -2.46. The maximum absolute atomic E-state index is 5.04. The molecule has 0 aromatic rings. The molecule has 4 nitrogen and oxygen atoms in total. The molecule has 1 saturated heterocycles. The first-order valence-corrected chi connectivity index (χ1v) is 6.43. The summed E-state index contributed by atoms with van der Waals surface area (Å²) in [6.45, 7) is 12.9. The summed E-state index contributed by atoms with van der Waals surface area (Å²) in [6, 6.07) is 0. The van der Waals surface area contributed by atoms with Crippen molar-refractivity contribution < 1.29 is 4.74 Å². The zero-order valence-corrected chi connectivity index (χ0v) is 11.5. The lowest BCUT2D eigenvalue weighted by atomic mass is 10.3. The number of methoxy groups -OCH3 is 1. The number of nitrogens with zero attached hydrogens (tertiary/aromatic N) is 2. The molecule has 0 amide bonds. The second-order valence-corrected chi connectivity index (χ2v) is 3.89. The molecule has 98 valence electrons. The van der Waals surface area contributed by atoms with Gasteiger partial charge in [-0.1, -0.05) is 13.8 Å². The van der Waals surface area contributed by atoms with Crippen LogP contribution in [-0.2, 0) is 4.74 Å². The number of hydrogen-bond donors (Lipinski definition) is 1. The molecule has 1 heterocycles. The van der Waals surface area contributed by atoms with Crippen LogP contribution in [0.4, 0.5) is 0 Å². The summed E-state index contributed by atoms with van der Waals surface area (Å²) in [5.74, 6) is 0. The Kier molecular flexibility index (Phi) is 11.2. The summed E-state index contributed by atoms with van der Waals surface area (Å²) >= 11 is 0. The lowest BCUT2D eigenvalue weighted by Gasteiger charge is -2.29. The smallest absolute Gasteiger partial charge is 0.0589 e. The lowest BCUT2D eigenvalue weighted by molar-refractivity contribution is 0.147. The molecule has 0 saturated carbocycles. The standard InChI is InChI=1S/C10H23N3O.C2H6/c1-12(9-10-14-2)7-8-13-5-3-11-4-6-13;1-2/h11H,3-10H2,1-2H3;1-2H3. The van der Waals surface area contributed by atoms with Gasteiger partial charge in [-0.25, -0.2) is 0 Å². The number of hydrogen-bond acceptors (Lipinski definition) is 4. The number of likely N-dealkylation sites (N-methyl/N-ethyl adjacent to an activating group) is 1. The van der Waals surface area contributed by atoms with Gasteiger partial charge in [0.1, 0.15) is 0 Å². The van der Waals surface area contributed by atoms with Crippen LogP contribution < -0.4 is 5.32 Å². The van der Waals surface area contributed by atoms with Gasteiger partial charge in [-0.05, 0) is 7.05 Å². The summed E-state index contributed by atoms with van der Waals surface area (Å²) in [5.41, 5.74) is 0. The molecule has 0 aliphatic carbocycles. The molecule has 0 aromatic heterocycles. The van der Waals surface area contributed by atoms with E-state index in [2.05, 4.69) is 22.2 Å². The van der Waals surface area contributed by atoms with Gasteiger partial charge in [0.15, 0.2) is 0 Å². The van der Waals surface area contributed by atoms with E-state index in [0.717, 1.165) is 32.8 Å². The predicted octanol–water partition coefficient (Wildman–Crippen LogP) is 0.496. The molecule has 1 N–H and O–H groups in total. The highest BCUT2D eigenvalue weighted by Crippen LogP contribution is 1.92. The molecule has 1 aliphatic heterocycles. The summed E-state index contributed by atoms with van der Waals surface area (Å²) in [4.78, 5) is 4.84. The highest BCUT2D eigenvalue weighted by Gasteiger charge is 2.09. The van der Waals surface area contributed by atoms with Crippen LogP contribution in [0, 0.1) is 0 Å². The minimum atomic E-state index is 0.831. The van der Waals surface area contributed by atoms with Crippen molar-refractivity contribution in [2.45, 2.75) is 13.8 Å². The Morgan fingerprint density at radius 3 is 2.38 bits per heavy atom. The van der Waals surface area contributed by atoms with Crippen molar-refractivity contribution in [3.8, 4) is 0 Å². The molecule has 0 bridgehead atoms. The van der Waals surface area contributed by atoms with Crippen LogP contribution in [0.25, 0.3) is 0 Å². The maximum atomic E-state index is 5.04. The minimum Gasteiger partial charge on any atom is -0.383 e. The fourth-order valence-electron chi connectivity index (χ4n) is 1.61. The third-order valence-electron chi connectivity index (χ3n) is 2.68. The Hall–Kier alpha value is -0.160. The van der Waals surface area contributed by atoms with Crippen molar-refractivity contribution in [2.75, 3.05) is 66.6 Å². The van der Waals surface area contributed by atoms with Gasteiger partial charge in [-0.3, -0.25) is 4.90 Å². The number of rotatable bonds is 6. The molecule has 0 spiro atoms. The van der Waals surface area contributed by atoms with Crippen molar-refractivity contribution in [3.63, 3.8) is 0 Å². The van der Waals surface area contributed by atoms with Gasteiger partial charge in [-0.15, -0.1) is 0 Å². The van der Waals surface area contributed by atoms with Crippen LogP contribution in [-0.4, -0.2) is 76.4 Å². The van der Waals surface area contributed by atoms with Gasteiger partial charge >= 0.3 is 0 Å². The molecule has 0 aromatic carbocycles. The van der Waals surface area contributed by atoms with E-state index >= 15 is 0 Å². The molecular formula is C12H29N3O. The Morgan fingerprint density at radius 1 is 1.19 bits per heavy atom. The van der Waals surface area contributed by atoms with Gasteiger partial charge in [0.05, 0.1) is 6.61 Å². The predicted molar refractivity (Wildman–Crippen MR) is 70.0 cm³/mol. The molecule has 0 radical (unpaired) electrons. The number of piperazine rings is 1. The molecule has 1 aliphatic rings. The zero-order valence-electron chi connectivity index (χ0n) is 11.5. The molecule has 16 heavy (non-hydrogen) atoms. The van der Waals surface area contributed by atoms with Gasteiger partial charge in [-0.2, -0.15) is 0 Å². The second kappa shape index (κ2) is 11.3. The van der Waals surface area contributed by atoms with E-state index < -0.39 is 0 Å². The van der Waals surface area contributed by atoms with Crippen molar-refractivity contribution in [2.24, 2.45) is 0 Å². The Morgan fingerprint density at radius 2 is 1.81 bits per heavy atom. The van der Waals surface area contributed by atoms with Gasteiger partial charge in [0, 0.05) is 52.9 Å². The SMILES string of the molecule is CC.COCCN(C)CCN1CCNCC1. The Balaban J connectivity index is 0.00000106. The normalized spacial score (nSPS) is 17.1. The summed E-state index contributed by atoms with van der Waals surface area (Å²) in [5, 5.41) is 3.36. The highest BCUT2D eigenvalue weighted by molar-refractivity contribution is 4.68. The zero-order chi connectivity index (χ0) is 12.2. The van der Waals surface area contributed by atoms with Gasteiger partial charge in [0.25, 0.3) is 0 Å². The van der Waals surface area contributed by atoms with Crippen LogP contribution in [0.3, 0.4) is 0 Å².